The normalized spacial score (nSPS) is 46.5. The summed E-state index contributed by atoms with van der Waals surface area (Å²) in [5.41, 5.74) is -0.0816. The molecule has 12 heavy (non-hydrogen) atoms. The van der Waals surface area contributed by atoms with Gasteiger partial charge in [-0.3, -0.25) is 0 Å². The van der Waals surface area contributed by atoms with E-state index in [9.17, 15) is 0 Å². The van der Waals surface area contributed by atoms with Crippen LogP contribution in [-0.2, 0) is 14.2 Å². The van der Waals surface area contributed by atoms with Gasteiger partial charge in [0.15, 0.2) is 0 Å². The molecule has 0 aromatic carbocycles. The molecule has 1 aliphatic heterocycles. The first-order chi connectivity index (χ1) is 5.83. The third-order valence-electron chi connectivity index (χ3n) is 2.98. The molecule has 3 heteroatoms. The largest absolute Gasteiger partial charge is 0.378 e. The lowest BCUT2D eigenvalue weighted by atomic mass is 10.0. The molecule has 70 valence electrons. The second-order valence-corrected chi connectivity index (χ2v) is 3.60. The Morgan fingerprint density at radius 2 is 2.00 bits per heavy atom. The van der Waals surface area contributed by atoms with Crippen LogP contribution < -0.4 is 0 Å². The molecule has 2 unspecified atom stereocenters. The van der Waals surface area contributed by atoms with Crippen LogP contribution in [0.15, 0.2) is 0 Å². The zero-order chi connectivity index (χ0) is 8.60. The van der Waals surface area contributed by atoms with Crippen molar-refractivity contribution >= 4 is 0 Å². The van der Waals surface area contributed by atoms with E-state index < -0.39 is 0 Å². The Bertz CT molecular complexity index is 171. The monoisotopic (exact) mass is 172 g/mol. The van der Waals surface area contributed by atoms with E-state index in [1.807, 2.05) is 0 Å². The average Bonchev–Trinajstić information content (AvgIpc) is 2.81. The Morgan fingerprint density at radius 3 is 2.58 bits per heavy atom. The van der Waals surface area contributed by atoms with Gasteiger partial charge >= 0.3 is 0 Å². The topological polar surface area (TPSA) is 27.7 Å². The maximum atomic E-state index is 5.73. The van der Waals surface area contributed by atoms with Crippen LogP contribution >= 0.6 is 0 Å². The number of hydrogen-bond acceptors (Lipinski definition) is 3. The number of rotatable bonds is 2. The van der Waals surface area contributed by atoms with Gasteiger partial charge < -0.3 is 14.2 Å². The van der Waals surface area contributed by atoms with Crippen molar-refractivity contribution in [2.75, 3.05) is 20.8 Å². The summed E-state index contributed by atoms with van der Waals surface area (Å²) in [6, 6.07) is 0. The standard InChI is InChI=1S/C9H16O3/c1-10-7-4-3-5-12-9(7)6-8(9)11-2/h7-8H,3-6H2,1-2H3/t7-,8?,9?/m0/s1. The molecule has 1 saturated carbocycles. The van der Waals surface area contributed by atoms with Gasteiger partial charge in [0, 0.05) is 27.2 Å². The number of ether oxygens (including phenoxy) is 3. The van der Waals surface area contributed by atoms with E-state index in [-0.39, 0.29) is 17.8 Å². The molecule has 0 bridgehead atoms. The molecule has 1 heterocycles. The lowest BCUT2D eigenvalue weighted by Crippen LogP contribution is -2.40. The fraction of sp³-hybridized carbons (Fsp3) is 1.00. The van der Waals surface area contributed by atoms with Gasteiger partial charge in [-0.1, -0.05) is 0 Å². The average molecular weight is 172 g/mol. The lowest BCUT2D eigenvalue weighted by Gasteiger charge is -2.31. The van der Waals surface area contributed by atoms with Crippen LogP contribution in [0.2, 0.25) is 0 Å². The first kappa shape index (κ1) is 8.48. The molecule has 0 aromatic rings. The highest BCUT2D eigenvalue weighted by atomic mass is 16.6. The van der Waals surface area contributed by atoms with Crippen LogP contribution in [-0.4, -0.2) is 38.6 Å². The van der Waals surface area contributed by atoms with Gasteiger partial charge in [0.1, 0.15) is 5.60 Å². The van der Waals surface area contributed by atoms with E-state index in [1.165, 1.54) is 0 Å². The van der Waals surface area contributed by atoms with Crippen molar-refractivity contribution in [2.24, 2.45) is 0 Å². The summed E-state index contributed by atoms with van der Waals surface area (Å²) >= 11 is 0. The summed E-state index contributed by atoms with van der Waals surface area (Å²) in [6.07, 6.45) is 3.73. The highest BCUT2D eigenvalue weighted by molar-refractivity contribution is 5.13. The van der Waals surface area contributed by atoms with Crippen molar-refractivity contribution in [3.8, 4) is 0 Å². The first-order valence-electron chi connectivity index (χ1n) is 4.53. The van der Waals surface area contributed by atoms with Gasteiger partial charge in [0.25, 0.3) is 0 Å². The Labute approximate surface area is 73.0 Å². The molecule has 0 radical (unpaired) electrons. The Kier molecular flexibility index (Phi) is 2.10. The number of methoxy groups -OCH3 is 2. The molecule has 0 aromatic heterocycles. The molecule has 0 N–H and O–H groups in total. The maximum Gasteiger partial charge on any atom is 0.123 e. The summed E-state index contributed by atoms with van der Waals surface area (Å²) in [5.74, 6) is 0. The molecule has 1 spiro atoms. The highest BCUT2D eigenvalue weighted by Gasteiger charge is 2.62. The summed E-state index contributed by atoms with van der Waals surface area (Å²) in [5, 5.41) is 0. The highest BCUT2D eigenvalue weighted by Crippen LogP contribution is 2.49. The SMILES string of the molecule is COC1CC12OCCC[C@@H]2OC. The molecule has 2 aliphatic rings. The van der Waals surface area contributed by atoms with Gasteiger partial charge in [0.05, 0.1) is 12.2 Å². The Morgan fingerprint density at radius 1 is 1.25 bits per heavy atom. The van der Waals surface area contributed by atoms with Gasteiger partial charge in [-0.05, 0) is 12.8 Å². The van der Waals surface area contributed by atoms with Gasteiger partial charge in [-0.25, -0.2) is 0 Å². The van der Waals surface area contributed by atoms with Crippen LogP contribution in [0, 0.1) is 0 Å². The van der Waals surface area contributed by atoms with E-state index in [1.54, 1.807) is 14.2 Å². The fourth-order valence-electron chi connectivity index (χ4n) is 2.19. The van der Waals surface area contributed by atoms with Gasteiger partial charge in [0.2, 0.25) is 0 Å². The fourth-order valence-corrected chi connectivity index (χ4v) is 2.19. The predicted molar refractivity (Wildman–Crippen MR) is 44.1 cm³/mol. The van der Waals surface area contributed by atoms with Crippen LogP contribution in [0.25, 0.3) is 0 Å². The lowest BCUT2D eigenvalue weighted by molar-refractivity contribution is -0.128. The summed E-state index contributed by atoms with van der Waals surface area (Å²) < 4.78 is 16.4. The van der Waals surface area contributed by atoms with E-state index in [0.29, 0.717) is 0 Å². The minimum absolute atomic E-state index is 0.0816. The molecule has 1 aliphatic carbocycles. The van der Waals surface area contributed by atoms with Crippen molar-refractivity contribution in [2.45, 2.75) is 37.1 Å². The van der Waals surface area contributed by atoms with E-state index >= 15 is 0 Å². The quantitative estimate of drug-likeness (QED) is 0.621. The smallest absolute Gasteiger partial charge is 0.123 e. The Balaban J connectivity index is 2.02. The van der Waals surface area contributed by atoms with Crippen molar-refractivity contribution in [3.05, 3.63) is 0 Å². The number of hydrogen-bond donors (Lipinski definition) is 0. The molecule has 2 fully saturated rings. The van der Waals surface area contributed by atoms with Crippen LogP contribution in [0.3, 0.4) is 0 Å². The molecular weight excluding hydrogens is 156 g/mol. The van der Waals surface area contributed by atoms with E-state index in [0.717, 1.165) is 25.9 Å². The van der Waals surface area contributed by atoms with Crippen LogP contribution in [0.5, 0.6) is 0 Å². The summed E-state index contributed by atoms with van der Waals surface area (Å²) in [4.78, 5) is 0. The minimum Gasteiger partial charge on any atom is -0.378 e. The van der Waals surface area contributed by atoms with Gasteiger partial charge in [-0.2, -0.15) is 0 Å². The maximum absolute atomic E-state index is 5.73. The molecule has 0 amide bonds. The predicted octanol–water partition coefficient (Wildman–Crippen LogP) is 0.969. The second kappa shape index (κ2) is 2.98. The van der Waals surface area contributed by atoms with E-state index in [2.05, 4.69) is 0 Å². The molecule has 1 saturated heterocycles. The third-order valence-corrected chi connectivity index (χ3v) is 2.98. The molecule has 2 rings (SSSR count). The minimum atomic E-state index is -0.0816. The molecular formula is C9H16O3. The summed E-state index contributed by atoms with van der Waals surface area (Å²) in [6.45, 7) is 0.861. The molecule has 3 nitrogen and oxygen atoms in total. The first-order valence-corrected chi connectivity index (χ1v) is 4.53. The van der Waals surface area contributed by atoms with Gasteiger partial charge in [-0.15, -0.1) is 0 Å². The van der Waals surface area contributed by atoms with Crippen LogP contribution in [0.4, 0.5) is 0 Å². The third kappa shape index (κ3) is 1.08. The molecule has 3 atom stereocenters. The second-order valence-electron chi connectivity index (χ2n) is 3.60. The zero-order valence-corrected chi connectivity index (χ0v) is 7.71. The zero-order valence-electron chi connectivity index (χ0n) is 7.71. The van der Waals surface area contributed by atoms with E-state index in [4.69, 9.17) is 14.2 Å². The van der Waals surface area contributed by atoms with Crippen molar-refractivity contribution in [1.29, 1.82) is 0 Å². The van der Waals surface area contributed by atoms with Crippen molar-refractivity contribution < 1.29 is 14.2 Å². The summed E-state index contributed by atoms with van der Waals surface area (Å²) in [7, 11) is 3.50. The van der Waals surface area contributed by atoms with Crippen molar-refractivity contribution in [3.63, 3.8) is 0 Å². The Hall–Kier alpha value is -0.120. The van der Waals surface area contributed by atoms with Crippen molar-refractivity contribution in [1.82, 2.24) is 0 Å². The van der Waals surface area contributed by atoms with Crippen LogP contribution in [0.1, 0.15) is 19.3 Å².